The van der Waals surface area contributed by atoms with Crippen LogP contribution in [0.5, 0.6) is 0 Å². The summed E-state index contributed by atoms with van der Waals surface area (Å²) in [5.41, 5.74) is -0.598. The maximum Gasteiger partial charge on any atom is 0.247 e. The molecule has 17 heavy (non-hydrogen) atoms. The second kappa shape index (κ2) is 3.57. The molecule has 1 amide bonds. The van der Waals surface area contributed by atoms with Crippen LogP contribution in [0, 0.1) is 5.92 Å². The van der Waals surface area contributed by atoms with E-state index >= 15 is 0 Å². The Morgan fingerprint density at radius 1 is 1.53 bits per heavy atom. The second-order valence-electron chi connectivity index (χ2n) is 5.23. The van der Waals surface area contributed by atoms with Gasteiger partial charge in [0, 0.05) is 12.4 Å². The minimum atomic E-state index is -0.598. The van der Waals surface area contributed by atoms with Gasteiger partial charge in [-0.25, -0.2) is 0 Å². The normalized spacial score (nSPS) is 24.2. The average molecular weight is 235 g/mol. The van der Waals surface area contributed by atoms with Crippen LogP contribution in [0.3, 0.4) is 0 Å². The monoisotopic (exact) mass is 235 g/mol. The highest BCUT2D eigenvalue weighted by Crippen LogP contribution is 2.44. The van der Waals surface area contributed by atoms with Gasteiger partial charge >= 0.3 is 0 Å². The Hall–Kier alpha value is -1.36. The van der Waals surface area contributed by atoms with Crippen LogP contribution in [-0.4, -0.2) is 44.4 Å². The molecule has 1 aromatic heterocycles. The summed E-state index contributed by atoms with van der Waals surface area (Å²) in [6, 6.07) is 1.52. The molecule has 1 aromatic rings. The first-order chi connectivity index (χ1) is 8.10. The summed E-state index contributed by atoms with van der Waals surface area (Å²) in [5, 5.41) is 14.2. The van der Waals surface area contributed by atoms with Crippen molar-refractivity contribution in [3.8, 4) is 0 Å². The number of amides is 1. The van der Waals surface area contributed by atoms with Gasteiger partial charge in [0.05, 0.1) is 13.1 Å². The highest BCUT2D eigenvalue weighted by Gasteiger charge is 2.53. The van der Waals surface area contributed by atoms with E-state index in [0.717, 1.165) is 12.8 Å². The van der Waals surface area contributed by atoms with Gasteiger partial charge < -0.3 is 10.0 Å². The molecule has 1 saturated heterocycles. The maximum atomic E-state index is 12.1. The number of likely N-dealkylation sites (tertiary alicyclic amines) is 1. The summed E-state index contributed by atoms with van der Waals surface area (Å²) in [7, 11) is 0. The summed E-state index contributed by atoms with van der Waals surface area (Å²) in [6.07, 6.45) is 5.66. The second-order valence-corrected chi connectivity index (χ2v) is 5.23. The number of hydrogen-bond acceptors (Lipinski definition) is 3. The predicted molar refractivity (Wildman–Crippen MR) is 61.2 cm³/mol. The van der Waals surface area contributed by atoms with Gasteiger partial charge in [0.15, 0.2) is 0 Å². The van der Waals surface area contributed by atoms with Crippen molar-refractivity contribution in [3.05, 3.63) is 18.5 Å². The SMILES string of the molecule is CC(C(=O)N1CC(O)(C2CC2)C1)n1cccn1. The summed E-state index contributed by atoms with van der Waals surface area (Å²) >= 11 is 0. The topological polar surface area (TPSA) is 58.4 Å². The van der Waals surface area contributed by atoms with Crippen molar-refractivity contribution in [2.75, 3.05) is 13.1 Å². The van der Waals surface area contributed by atoms with E-state index in [1.54, 1.807) is 28.0 Å². The molecule has 1 unspecified atom stereocenters. The molecule has 5 nitrogen and oxygen atoms in total. The molecule has 0 radical (unpaired) electrons. The lowest BCUT2D eigenvalue weighted by molar-refractivity contribution is -0.162. The van der Waals surface area contributed by atoms with Gasteiger partial charge in [-0.3, -0.25) is 9.48 Å². The van der Waals surface area contributed by atoms with Crippen molar-refractivity contribution in [1.82, 2.24) is 14.7 Å². The molecule has 1 aliphatic carbocycles. The molecule has 2 heterocycles. The van der Waals surface area contributed by atoms with Crippen LogP contribution in [0.4, 0.5) is 0 Å². The van der Waals surface area contributed by atoms with Gasteiger partial charge in [-0.15, -0.1) is 0 Å². The molecule has 1 aliphatic heterocycles. The van der Waals surface area contributed by atoms with E-state index in [0.29, 0.717) is 19.0 Å². The van der Waals surface area contributed by atoms with E-state index in [2.05, 4.69) is 5.10 Å². The molecule has 5 heteroatoms. The van der Waals surface area contributed by atoms with Crippen LogP contribution < -0.4 is 0 Å². The molecule has 2 fully saturated rings. The minimum absolute atomic E-state index is 0.0408. The standard InChI is InChI=1S/C12H17N3O2/c1-9(15-6-2-5-13-15)11(16)14-7-12(17,8-14)10-3-4-10/h2,5-6,9-10,17H,3-4,7-8H2,1H3. The number of aliphatic hydroxyl groups is 1. The fourth-order valence-corrected chi connectivity index (χ4v) is 2.54. The molecule has 0 bridgehead atoms. The molecule has 3 rings (SSSR count). The van der Waals surface area contributed by atoms with E-state index in [1.807, 2.05) is 6.92 Å². The third kappa shape index (κ3) is 1.74. The first kappa shape index (κ1) is 10.8. The number of carbonyl (C=O) groups is 1. The van der Waals surface area contributed by atoms with Crippen molar-refractivity contribution in [2.24, 2.45) is 5.92 Å². The largest absolute Gasteiger partial charge is 0.386 e. The van der Waals surface area contributed by atoms with Crippen molar-refractivity contribution in [1.29, 1.82) is 0 Å². The van der Waals surface area contributed by atoms with Gasteiger partial charge in [-0.2, -0.15) is 5.10 Å². The number of aromatic nitrogens is 2. The fourth-order valence-electron chi connectivity index (χ4n) is 2.54. The molecule has 0 aromatic carbocycles. The van der Waals surface area contributed by atoms with E-state index in [4.69, 9.17) is 0 Å². The number of β-amino-alcohol motifs (C(OH)–C–C–N with tert-alkyl or cyclic N) is 1. The lowest BCUT2D eigenvalue weighted by Crippen LogP contribution is -2.65. The quantitative estimate of drug-likeness (QED) is 0.826. The van der Waals surface area contributed by atoms with Gasteiger partial charge in [-0.05, 0) is 31.7 Å². The van der Waals surface area contributed by atoms with Crippen LogP contribution in [0.15, 0.2) is 18.5 Å². The molecular weight excluding hydrogens is 218 g/mol. The summed E-state index contributed by atoms with van der Waals surface area (Å²) in [5.74, 6) is 0.464. The van der Waals surface area contributed by atoms with Crippen LogP contribution in [-0.2, 0) is 4.79 Å². The molecule has 0 spiro atoms. The average Bonchev–Trinajstić information content (AvgIpc) is 2.99. The van der Waals surface area contributed by atoms with E-state index in [9.17, 15) is 9.90 Å². The fraction of sp³-hybridized carbons (Fsp3) is 0.667. The first-order valence-electron chi connectivity index (χ1n) is 6.10. The molecule has 92 valence electrons. The Balaban J connectivity index is 1.61. The van der Waals surface area contributed by atoms with Gasteiger partial charge in [-0.1, -0.05) is 0 Å². The molecular formula is C12H17N3O2. The smallest absolute Gasteiger partial charge is 0.247 e. The van der Waals surface area contributed by atoms with Crippen LogP contribution in [0.25, 0.3) is 0 Å². The highest BCUT2D eigenvalue weighted by atomic mass is 16.3. The number of rotatable bonds is 3. The molecule has 1 N–H and O–H groups in total. The molecule has 2 aliphatic rings. The number of nitrogens with zero attached hydrogens (tertiary/aromatic N) is 3. The van der Waals surface area contributed by atoms with E-state index < -0.39 is 5.60 Å². The lowest BCUT2D eigenvalue weighted by Gasteiger charge is -2.47. The highest BCUT2D eigenvalue weighted by molar-refractivity contribution is 5.81. The zero-order valence-electron chi connectivity index (χ0n) is 9.91. The summed E-state index contributed by atoms with van der Waals surface area (Å²) in [6.45, 7) is 2.81. The minimum Gasteiger partial charge on any atom is -0.386 e. The first-order valence-corrected chi connectivity index (χ1v) is 6.10. The van der Waals surface area contributed by atoms with Gasteiger partial charge in [0.25, 0.3) is 0 Å². The lowest BCUT2D eigenvalue weighted by atomic mass is 9.88. The van der Waals surface area contributed by atoms with Crippen molar-refractivity contribution in [3.63, 3.8) is 0 Å². The molecule has 1 atom stereocenters. The Morgan fingerprint density at radius 3 is 2.76 bits per heavy atom. The third-order valence-corrected chi connectivity index (χ3v) is 3.86. The zero-order valence-corrected chi connectivity index (χ0v) is 9.91. The zero-order chi connectivity index (χ0) is 12.0. The molecule has 1 saturated carbocycles. The summed E-state index contributed by atoms with van der Waals surface area (Å²) < 4.78 is 1.65. The Morgan fingerprint density at radius 2 is 2.24 bits per heavy atom. The Kier molecular flexibility index (Phi) is 2.26. The number of carbonyl (C=O) groups excluding carboxylic acids is 1. The van der Waals surface area contributed by atoms with Crippen molar-refractivity contribution in [2.45, 2.75) is 31.4 Å². The Bertz CT molecular complexity index is 419. The number of hydrogen-bond donors (Lipinski definition) is 1. The van der Waals surface area contributed by atoms with Crippen LogP contribution in [0.1, 0.15) is 25.8 Å². The summed E-state index contributed by atoms with van der Waals surface area (Å²) in [4.78, 5) is 13.8. The van der Waals surface area contributed by atoms with Gasteiger partial charge in [0.1, 0.15) is 11.6 Å². The van der Waals surface area contributed by atoms with E-state index in [-0.39, 0.29) is 11.9 Å². The van der Waals surface area contributed by atoms with E-state index in [1.165, 1.54) is 0 Å². The van der Waals surface area contributed by atoms with Gasteiger partial charge in [0.2, 0.25) is 5.91 Å². The van der Waals surface area contributed by atoms with Crippen molar-refractivity contribution >= 4 is 5.91 Å². The van der Waals surface area contributed by atoms with Crippen LogP contribution in [0.2, 0.25) is 0 Å². The Labute approximate surface area is 100 Å². The predicted octanol–water partition coefficient (Wildman–Crippen LogP) is 0.427. The van der Waals surface area contributed by atoms with Crippen LogP contribution >= 0.6 is 0 Å². The third-order valence-electron chi connectivity index (χ3n) is 3.86. The van der Waals surface area contributed by atoms with Crippen molar-refractivity contribution < 1.29 is 9.90 Å². The maximum absolute atomic E-state index is 12.1.